The lowest BCUT2D eigenvalue weighted by Crippen LogP contribution is -2.66. The number of halogens is 1. The number of aliphatic hydroxyl groups is 1. The van der Waals surface area contributed by atoms with E-state index < -0.39 is 11.6 Å². The fourth-order valence-electron chi connectivity index (χ4n) is 2.25. The first kappa shape index (κ1) is 12.8. The Kier molecular flexibility index (Phi) is 3.26. The van der Waals surface area contributed by atoms with Gasteiger partial charge in [-0.25, -0.2) is 4.39 Å². The summed E-state index contributed by atoms with van der Waals surface area (Å²) < 4.78 is 13.8. The van der Waals surface area contributed by atoms with Crippen molar-refractivity contribution in [3.8, 4) is 0 Å². The van der Waals surface area contributed by atoms with Gasteiger partial charge < -0.3 is 15.3 Å². The van der Waals surface area contributed by atoms with Gasteiger partial charge >= 0.3 is 0 Å². The highest BCUT2D eigenvalue weighted by molar-refractivity contribution is 5.87. The van der Waals surface area contributed by atoms with Gasteiger partial charge in [0.05, 0.1) is 17.8 Å². The molecule has 1 aliphatic rings. The second-order valence-corrected chi connectivity index (χ2v) is 5.15. The Hall–Kier alpha value is -1.62. The van der Waals surface area contributed by atoms with Crippen molar-refractivity contribution in [2.45, 2.75) is 25.4 Å². The summed E-state index contributed by atoms with van der Waals surface area (Å²) >= 11 is 0. The normalized spacial score (nSPS) is 22.8. The molecule has 1 fully saturated rings. The van der Waals surface area contributed by atoms with Crippen LogP contribution in [0, 0.1) is 5.82 Å². The second-order valence-electron chi connectivity index (χ2n) is 5.15. The van der Waals surface area contributed by atoms with Crippen LogP contribution < -0.4 is 10.2 Å². The molecule has 1 saturated heterocycles. The van der Waals surface area contributed by atoms with E-state index in [0.29, 0.717) is 12.2 Å². The standard InChI is InChI=1S/C13H17FN2O2/c1-13(2)8-16(11(7-17)12(18)15-13)10-6-4-3-5-9(10)14/h3-6,11,17H,7-8H2,1-2H3,(H,15,18). The highest BCUT2D eigenvalue weighted by atomic mass is 19.1. The number of benzene rings is 1. The maximum Gasteiger partial charge on any atom is 0.245 e. The van der Waals surface area contributed by atoms with E-state index in [1.165, 1.54) is 6.07 Å². The molecular weight excluding hydrogens is 235 g/mol. The quantitative estimate of drug-likeness (QED) is 0.822. The van der Waals surface area contributed by atoms with E-state index in [1.807, 2.05) is 13.8 Å². The first-order valence-corrected chi connectivity index (χ1v) is 5.89. The van der Waals surface area contributed by atoms with Crippen LogP contribution in [0.5, 0.6) is 0 Å². The van der Waals surface area contributed by atoms with E-state index >= 15 is 0 Å². The molecule has 0 aromatic heterocycles. The Balaban J connectivity index is 2.39. The zero-order chi connectivity index (χ0) is 13.3. The van der Waals surface area contributed by atoms with E-state index in [4.69, 9.17) is 0 Å². The second kappa shape index (κ2) is 4.57. The van der Waals surface area contributed by atoms with Gasteiger partial charge in [-0.2, -0.15) is 0 Å². The van der Waals surface area contributed by atoms with Crippen LogP contribution in [0.15, 0.2) is 24.3 Å². The van der Waals surface area contributed by atoms with Gasteiger partial charge in [0.25, 0.3) is 0 Å². The van der Waals surface area contributed by atoms with Crippen LogP contribution in [0.3, 0.4) is 0 Å². The molecule has 1 aromatic rings. The van der Waals surface area contributed by atoms with Gasteiger partial charge in [0.2, 0.25) is 5.91 Å². The van der Waals surface area contributed by atoms with E-state index in [2.05, 4.69) is 5.32 Å². The lowest BCUT2D eigenvalue weighted by molar-refractivity contribution is -0.126. The van der Waals surface area contributed by atoms with Crippen LogP contribution in [0.25, 0.3) is 0 Å². The number of aliphatic hydroxyl groups excluding tert-OH is 1. The predicted octanol–water partition coefficient (Wildman–Crippen LogP) is 0.901. The van der Waals surface area contributed by atoms with Gasteiger partial charge in [0.15, 0.2) is 0 Å². The van der Waals surface area contributed by atoms with Crippen LogP contribution in [-0.2, 0) is 4.79 Å². The first-order valence-electron chi connectivity index (χ1n) is 5.89. The van der Waals surface area contributed by atoms with Crippen LogP contribution in [0.1, 0.15) is 13.8 Å². The summed E-state index contributed by atoms with van der Waals surface area (Å²) in [7, 11) is 0. The predicted molar refractivity (Wildman–Crippen MR) is 66.8 cm³/mol. The van der Waals surface area contributed by atoms with Gasteiger partial charge in [-0.3, -0.25) is 4.79 Å². The van der Waals surface area contributed by atoms with Crippen LogP contribution in [-0.4, -0.2) is 35.7 Å². The van der Waals surface area contributed by atoms with E-state index in [0.717, 1.165) is 0 Å². The van der Waals surface area contributed by atoms with Gasteiger partial charge in [0.1, 0.15) is 11.9 Å². The molecule has 1 aliphatic heterocycles. The molecule has 98 valence electrons. The Morgan fingerprint density at radius 1 is 1.50 bits per heavy atom. The first-order chi connectivity index (χ1) is 8.44. The highest BCUT2D eigenvalue weighted by Crippen LogP contribution is 2.26. The van der Waals surface area contributed by atoms with Crippen molar-refractivity contribution in [1.82, 2.24) is 5.32 Å². The average molecular weight is 252 g/mol. The van der Waals surface area contributed by atoms with Gasteiger partial charge in [-0.15, -0.1) is 0 Å². The summed E-state index contributed by atoms with van der Waals surface area (Å²) in [6.45, 7) is 3.85. The smallest absolute Gasteiger partial charge is 0.245 e. The van der Waals surface area contributed by atoms with Crippen LogP contribution >= 0.6 is 0 Å². The maximum atomic E-state index is 13.8. The number of carbonyl (C=O) groups is 1. The third kappa shape index (κ3) is 2.31. The fourth-order valence-corrected chi connectivity index (χ4v) is 2.25. The number of nitrogens with zero attached hydrogens (tertiary/aromatic N) is 1. The van der Waals surface area contributed by atoms with Crippen molar-refractivity contribution in [3.63, 3.8) is 0 Å². The number of anilines is 1. The van der Waals surface area contributed by atoms with E-state index in [1.54, 1.807) is 23.1 Å². The Morgan fingerprint density at radius 2 is 2.17 bits per heavy atom. The summed E-state index contributed by atoms with van der Waals surface area (Å²) in [5.41, 5.74) is -0.107. The van der Waals surface area contributed by atoms with Crippen molar-refractivity contribution >= 4 is 11.6 Å². The Labute approximate surface area is 105 Å². The molecule has 0 radical (unpaired) electrons. The number of rotatable bonds is 2. The molecule has 2 rings (SSSR count). The summed E-state index contributed by atoms with van der Waals surface area (Å²) in [6, 6.07) is 5.54. The zero-order valence-electron chi connectivity index (χ0n) is 10.5. The maximum absolute atomic E-state index is 13.8. The van der Waals surface area contributed by atoms with Crippen LogP contribution in [0.4, 0.5) is 10.1 Å². The third-order valence-electron chi connectivity index (χ3n) is 3.04. The van der Waals surface area contributed by atoms with Gasteiger partial charge in [-0.1, -0.05) is 12.1 Å². The number of hydrogen-bond acceptors (Lipinski definition) is 3. The molecule has 1 heterocycles. The largest absolute Gasteiger partial charge is 0.394 e. The Bertz CT molecular complexity index is 462. The average Bonchev–Trinajstić information content (AvgIpc) is 2.27. The topological polar surface area (TPSA) is 52.6 Å². The number of para-hydroxylation sites is 1. The SMILES string of the molecule is CC1(C)CN(c2ccccc2F)C(CO)C(=O)N1. The minimum atomic E-state index is -0.741. The number of piperazine rings is 1. The number of amides is 1. The Morgan fingerprint density at radius 3 is 2.78 bits per heavy atom. The molecule has 1 unspecified atom stereocenters. The molecule has 0 spiro atoms. The van der Waals surface area contributed by atoms with Gasteiger partial charge in [-0.05, 0) is 26.0 Å². The summed E-state index contributed by atoms with van der Waals surface area (Å²) in [4.78, 5) is 13.5. The van der Waals surface area contributed by atoms with E-state index in [-0.39, 0.29) is 18.3 Å². The fraction of sp³-hybridized carbons (Fsp3) is 0.462. The van der Waals surface area contributed by atoms with E-state index in [9.17, 15) is 14.3 Å². The van der Waals surface area contributed by atoms with Crippen molar-refractivity contribution in [2.24, 2.45) is 0 Å². The van der Waals surface area contributed by atoms with Crippen molar-refractivity contribution in [2.75, 3.05) is 18.1 Å². The van der Waals surface area contributed by atoms with Gasteiger partial charge in [0, 0.05) is 6.54 Å². The molecular formula is C13H17FN2O2. The molecule has 5 heteroatoms. The lowest BCUT2D eigenvalue weighted by atomic mass is 9.97. The molecule has 1 amide bonds. The number of nitrogens with one attached hydrogen (secondary N) is 1. The summed E-state index contributed by atoms with van der Waals surface area (Å²) in [5.74, 6) is -0.668. The molecule has 1 aromatic carbocycles. The van der Waals surface area contributed by atoms with Crippen LogP contribution in [0.2, 0.25) is 0 Å². The minimum absolute atomic E-state index is 0.281. The lowest BCUT2D eigenvalue weighted by Gasteiger charge is -2.44. The molecule has 2 N–H and O–H groups in total. The molecule has 0 aliphatic carbocycles. The molecule has 18 heavy (non-hydrogen) atoms. The summed E-state index contributed by atoms with van der Waals surface area (Å²) in [5, 5.41) is 12.1. The van der Waals surface area contributed by atoms with Crippen molar-refractivity contribution in [1.29, 1.82) is 0 Å². The molecule has 0 saturated carbocycles. The van der Waals surface area contributed by atoms with Crippen molar-refractivity contribution in [3.05, 3.63) is 30.1 Å². The zero-order valence-corrected chi connectivity index (χ0v) is 10.5. The monoisotopic (exact) mass is 252 g/mol. The molecule has 4 nitrogen and oxygen atoms in total. The molecule has 0 bridgehead atoms. The van der Waals surface area contributed by atoms with Crippen molar-refractivity contribution < 1.29 is 14.3 Å². The third-order valence-corrected chi connectivity index (χ3v) is 3.04. The molecule has 1 atom stereocenters. The number of hydrogen-bond donors (Lipinski definition) is 2. The number of carbonyl (C=O) groups excluding carboxylic acids is 1. The minimum Gasteiger partial charge on any atom is -0.394 e. The highest BCUT2D eigenvalue weighted by Gasteiger charge is 2.38. The summed E-state index contributed by atoms with van der Waals surface area (Å²) in [6.07, 6.45) is 0.